The van der Waals surface area contributed by atoms with Crippen LogP contribution in [0, 0.1) is 0 Å². The lowest BCUT2D eigenvalue weighted by atomic mass is 10.1. The van der Waals surface area contributed by atoms with Crippen molar-refractivity contribution >= 4 is 0 Å². The number of nitrogens with zero attached hydrogens (tertiary/aromatic N) is 4. The predicted molar refractivity (Wildman–Crippen MR) is 66.4 cm³/mol. The Bertz CT molecular complexity index is 471. The van der Waals surface area contributed by atoms with Gasteiger partial charge in [0.05, 0.1) is 6.20 Å². The van der Waals surface area contributed by atoms with Crippen molar-refractivity contribution in [1.29, 1.82) is 0 Å². The highest BCUT2D eigenvalue weighted by Gasteiger charge is 2.12. The van der Waals surface area contributed by atoms with Gasteiger partial charge in [0.1, 0.15) is 5.82 Å². The van der Waals surface area contributed by atoms with Crippen LogP contribution >= 0.6 is 0 Å². The third-order valence-electron chi connectivity index (χ3n) is 2.82. The van der Waals surface area contributed by atoms with E-state index in [-0.39, 0.29) is 6.04 Å². The van der Waals surface area contributed by atoms with Crippen molar-refractivity contribution in [3.05, 3.63) is 36.2 Å². The first-order valence-corrected chi connectivity index (χ1v) is 5.95. The smallest absolute Gasteiger partial charge is 0.110 e. The Kier molecular flexibility index (Phi) is 3.58. The van der Waals surface area contributed by atoms with Gasteiger partial charge in [0.15, 0.2) is 0 Å². The van der Waals surface area contributed by atoms with Crippen molar-refractivity contribution in [2.75, 3.05) is 0 Å². The fourth-order valence-corrected chi connectivity index (χ4v) is 1.92. The molecule has 2 rings (SSSR count). The Labute approximate surface area is 101 Å². The van der Waals surface area contributed by atoms with Crippen LogP contribution in [0.1, 0.15) is 30.8 Å². The molecule has 0 aromatic carbocycles. The van der Waals surface area contributed by atoms with Crippen LogP contribution in [-0.2, 0) is 20.0 Å². The molecule has 2 N–H and O–H groups in total. The second-order valence-corrected chi connectivity index (χ2v) is 4.29. The van der Waals surface area contributed by atoms with Gasteiger partial charge < -0.3 is 10.3 Å². The lowest BCUT2D eigenvalue weighted by molar-refractivity contribution is 0.598. The maximum atomic E-state index is 6.16. The van der Waals surface area contributed by atoms with Crippen molar-refractivity contribution in [1.82, 2.24) is 19.3 Å². The highest BCUT2D eigenvalue weighted by Crippen LogP contribution is 2.14. The minimum Gasteiger partial charge on any atom is -0.335 e. The summed E-state index contributed by atoms with van der Waals surface area (Å²) in [5, 5.41) is 4.14. The van der Waals surface area contributed by atoms with Crippen LogP contribution < -0.4 is 5.73 Å². The van der Waals surface area contributed by atoms with Gasteiger partial charge in [-0.25, -0.2) is 4.98 Å². The monoisotopic (exact) mass is 233 g/mol. The first-order valence-electron chi connectivity index (χ1n) is 5.95. The van der Waals surface area contributed by atoms with Crippen LogP contribution in [0.3, 0.4) is 0 Å². The Hall–Kier alpha value is -1.62. The highest BCUT2D eigenvalue weighted by molar-refractivity contribution is 5.12. The second kappa shape index (κ2) is 5.14. The van der Waals surface area contributed by atoms with Gasteiger partial charge in [0.2, 0.25) is 0 Å². The SMILES string of the molecule is CCCn1ccnc1CC(N)c1cnn(C)c1. The van der Waals surface area contributed by atoms with Crippen LogP contribution in [0.2, 0.25) is 0 Å². The molecule has 1 atom stereocenters. The number of rotatable bonds is 5. The van der Waals surface area contributed by atoms with Crippen molar-refractivity contribution < 1.29 is 0 Å². The van der Waals surface area contributed by atoms with E-state index in [1.165, 1.54) is 0 Å². The van der Waals surface area contributed by atoms with Gasteiger partial charge in [-0.1, -0.05) is 6.92 Å². The summed E-state index contributed by atoms with van der Waals surface area (Å²) in [5.41, 5.74) is 7.21. The Morgan fingerprint density at radius 2 is 2.29 bits per heavy atom. The quantitative estimate of drug-likeness (QED) is 0.846. The fraction of sp³-hybridized carbons (Fsp3) is 0.500. The molecular formula is C12H19N5. The topological polar surface area (TPSA) is 61.7 Å². The number of imidazole rings is 1. The van der Waals surface area contributed by atoms with Crippen molar-refractivity contribution in [2.45, 2.75) is 32.4 Å². The number of aromatic nitrogens is 4. The number of aryl methyl sites for hydroxylation is 2. The van der Waals surface area contributed by atoms with Gasteiger partial charge in [-0.3, -0.25) is 4.68 Å². The average molecular weight is 233 g/mol. The summed E-state index contributed by atoms with van der Waals surface area (Å²) < 4.78 is 3.93. The van der Waals surface area contributed by atoms with Crippen LogP contribution in [0.25, 0.3) is 0 Å². The molecule has 5 nitrogen and oxygen atoms in total. The van der Waals surface area contributed by atoms with Crippen LogP contribution in [0.15, 0.2) is 24.8 Å². The van der Waals surface area contributed by atoms with E-state index in [0.717, 1.165) is 30.8 Å². The number of hydrogen-bond acceptors (Lipinski definition) is 3. The van der Waals surface area contributed by atoms with E-state index in [4.69, 9.17) is 5.73 Å². The lowest BCUT2D eigenvalue weighted by Gasteiger charge is -2.11. The maximum absolute atomic E-state index is 6.16. The molecule has 0 aliphatic carbocycles. The van der Waals surface area contributed by atoms with E-state index in [0.29, 0.717) is 0 Å². The predicted octanol–water partition coefficient (Wildman–Crippen LogP) is 1.27. The number of hydrogen-bond donors (Lipinski definition) is 1. The molecule has 0 radical (unpaired) electrons. The summed E-state index contributed by atoms with van der Waals surface area (Å²) in [6.45, 7) is 3.15. The molecule has 92 valence electrons. The molecule has 0 bridgehead atoms. The molecule has 1 unspecified atom stereocenters. The van der Waals surface area contributed by atoms with Crippen LogP contribution in [0.4, 0.5) is 0 Å². The average Bonchev–Trinajstić information content (AvgIpc) is 2.89. The summed E-state index contributed by atoms with van der Waals surface area (Å²) in [7, 11) is 1.90. The van der Waals surface area contributed by atoms with E-state index >= 15 is 0 Å². The zero-order valence-corrected chi connectivity index (χ0v) is 10.4. The first-order chi connectivity index (χ1) is 8.20. The van der Waals surface area contributed by atoms with Gasteiger partial charge in [0.25, 0.3) is 0 Å². The molecule has 0 aliphatic rings. The van der Waals surface area contributed by atoms with E-state index in [1.54, 1.807) is 4.68 Å². The third kappa shape index (κ3) is 2.74. The van der Waals surface area contributed by atoms with Crippen molar-refractivity contribution in [2.24, 2.45) is 12.8 Å². The third-order valence-corrected chi connectivity index (χ3v) is 2.82. The molecular weight excluding hydrogens is 214 g/mol. The Morgan fingerprint density at radius 3 is 2.94 bits per heavy atom. The first kappa shape index (κ1) is 11.9. The molecule has 0 saturated heterocycles. The van der Waals surface area contributed by atoms with E-state index in [1.807, 2.05) is 31.8 Å². The molecule has 0 amide bonds. The molecule has 0 fully saturated rings. The molecule has 17 heavy (non-hydrogen) atoms. The highest BCUT2D eigenvalue weighted by atomic mass is 15.2. The Morgan fingerprint density at radius 1 is 1.47 bits per heavy atom. The van der Waals surface area contributed by atoms with E-state index < -0.39 is 0 Å². The molecule has 2 heterocycles. The molecule has 2 aromatic rings. The minimum atomic E-state index is -0.0401. The largest absolute Gasteiger partial charge is 0.335 e. The minimum absolute atomic E-state index is 0.0401. The standard InChI is InChI=1S/C12H19N5/c1-3-5-17-6-4-14-12(17)7-11(13)10-8-15-16(2)9-10/h4,6,8-9,11H,3,5,7,13H2,1-2H3. The Balaban J connectivity index is 2.07. The normalized spacial score (nSPS) is 12.9. The summed E-state index contributed by atoms with van der Waals surface area (Å²) in [6, 6.07) is -0.0401. The zero-order valence-electron chi connectivity index (χ0n) is 10.4. The molecule has 0 saturated carbocycles. The second-order valence-electron chi connectivity index (χ2n) is 4.29. The summed E-state index contributed by atoms with van der Waals surface area (Å²) in [6.07, 6.45) is 9.47. The van der Waals surface area contributed by atoms with Gasteiger partial charge in [-0.15, -0.1) is 0 Å². The molecule has 0 aliphatic heterocycles. The van der Waals surface area contributed by atoms with Crippen LogP contribution in [0.5, 0.6) is 0 Å². The summed E-state index contributed by atoms with van der Waals surface area (Å²) >= 11 is 0. The summed E-state index contributed by atoms with van der Waals surface area (Å²) in [5.74, 6) is 1.04. The van der Waals surface area contributed by atoms with Gasteiger partial charge in [-0.05, 0) is 6.42 Å². The van der Waals surface area contributed by atoms with Gasteiger partial charge in [-0.2, -0.15) is 5.10 Å². The van der Waals surface area contributed by atoms with E-state index in [9.17, 15) is 0 Å². The zero-order chi connectivity index (χ0) is 12.3. The molecule has 2 aromatic heterocycles. The number of nitrogens with two attached hydrogens (primary N) is 1. The fourth-order valence-electron chi connectivity index (χ4n) is 1.92. The summed E-state index contributed by atoms with van der Waals surface area (Å²) in [4.78, 5) is 4.36. The van der Waals surface area contributed by atoms with E-state index in [2.05, 4.69) is 21.6 Å². The van der Waals surface area contributed by atoms with Crippen molar-refractivity contribution in [3.8, 4) is 0 Å². The lowest BCUT2D eigenvalue weighted by Crippen LogP contribution is -2.16. The van der Waals surface area contributed by atoms with Crippen molar-refractivity contribution in [3.63, 3.8) is 0 Å². The molecule has 5 heteroatoms. The maximum Gasteiger partial charge on any atom is 0.110 e. The van der Waals surface area contributed by atoms with Gasteiger partial charge >= 0.3 is 0 Å². The molecule has 0 spiro atoms. The van der Waals surface area contributed by atoms with Crippen LogP contribution in [-0.4, -0.2) is 19.3 Å². The van der Waals surface area contributed by atoms with Gasteiger partial charge in [0, 0.05) is 50.2 Å².